The van der Waals surface area contributed by atoms with Gasteiger partial charge >= 0.3 is 0 Å². The maximum atomic E-state index is 13.7. The van der Waals surface area contributed by atoms with Gasteiger partial charge in [-0.15, -0.1) is 0 Å². The average Bonchev–Trinajstić information content (AvgIpc) is 2.68. The van der Waals surface area contributed by atoms with Crippen LogP contribution < -0.4 is 10.2 Å². The van der Waals surface area contributed by atoms with Crippen LogP contribution in [0.1, 0.15) is 17.9 Å². The number of hydrogen-bond acceptors (Lipinski definition) is 4. The predicted molar refractivity (Wildman–Crippen MR) is 95.4 cm³/mol. The van der Waals surface area contributed by atoms with Gasteiger partial charge in [0.25, 0.3) is 0 Å². The van der Waals surface area contributed by atoms with Gasteiger partial charge in [0.1, 0.15) is 5.82 Å². The van der Waals surface area contributed by atoms with E-state index < -0.39 is 11.7 Å². The lowest BCUT2D eigenvalue weighted by atomic mass is 9.89. The summed E-state index contributed by atoms with van der Waals surface area (Å²) in [6.45, 7) is 2.57. The monoisotopic (exact) mass is 354 g/mol. The number of benzene rings is 1. The number of nitrogens with one attached hydrogen (secondary N) is 1. The summed E-state index contributed by atoms with van der Waals surface area (Å²) in [5.41, 5.74) is 2.17. The number of fused-ring (bicyclic) bond motifs is 1. The summed E-state index contributed by atoms with van der Waals surface area (Å²) < 4.78 is 13.7. The van der Waals surface area contributed by atoms with E-state index in [9.17, 15) is 14.0 Å². The average molecular weight is 354 g/mol. The normalized spacial score (nSPS) is 19.7. The molecule has 2 aliphatic heterocycles. The van der Waals surface area contributed by atoms with Gasteiger partial charge in [0.05, 0.1) is 5.92 Å². The highest BCUT2D eigenvalue weighted by molar-refractivity contribution is 6.01. The Morgan fingerprint density at radius 3 is 2.58 bits per heavy atom. The summed E-state index contributed by atoms with van der Waals surface area (Å²) in [7, 11) is 0. The van der Waals surface area contributed by atoms with Crippen molar-refractivity contribution in [3.05, 3.63) is 54.1 Å². The van der Waals surface area contributed by atoms with Crippen LogP contribution >= 0.6 is 0 Å². The highest BCUT2D eigenvalue weighted by Gasteiger charge is 2.34. The van der Waals surface area contributed by atoms with Crippen molar-refractivity contribution < 1.29 is 14.0 Å². The second kappa shape index (κ2) is 6.74. The van der Waals surface area contributed by atoms with Crippen LogP contribution in [0.15, 0.2) is 42.7 Å². The molecule has 1 aromatic carbocycles. The van der Waals surface area contributed by atoms with Crippen molar-refractivity contribution >= 4 is 23.2 Å². The number of aromatic nitrogens is 1. The molecular formula is C19H19FN4O2. The molecule has 1 fully saturated rings. The van der Waals surface area contributed by atoms with Crippen LogP contribution in [0, 0.1) is 5.82 Å². The molecule has 0 saturated carbocycles. The minimum Gasteiger partial charge on any atom is -0.368 e. The van der Waals surface area contributed by atoms with Gasteiger partial charge in [-0.1, -0.05) is 0 Å². The van der Waals surface area contributed by atoms with Gasteiger partial charge in [-0.05, 0) is 35.9 Å². The molecule has 1 saturated heterocycles. The van der Waals surface area contributed by atoms with Crippen molar-refractivity contribution in [3.8, 4) is 0 Å². The number of rotatable bonds is 2. The minimum absolute atomic E-state index is 0.0554. The van der Waals surface area contributed by atoms with Gasteiger partial charge in [-0.25, -0.2) is 4.39 Å². The van der Waals surface area contributed by atoms with E-state index in [4.69, 9.17) is 0 Å². The first-order valence-electron chi connectivity index (χ1n) is 8.65. The van der Waals surface area contributed by atoms with Gasteiger partial charge in [-0.2, -0.15) is 0 Å². The molecule has 7 heteroatoms. The highest BCUT2D eigenvalue weighted by Crippen LogP contribution is 2.34. The van der Waals surface area contributed by atoms with Crippen LogP contribution in [0.4, 0.5) is 15.8 Å². The lowest BCUT2D eigenvalue weighted by Crippen LogP contribution is -2.50. The van der Waals surface area contributed by atoms with Crippen LogP contribution in [-0.4, -0.2) is 47.9 Å². The molecular weight excluding hydrogens is 335 g/mol. The van der Waals surface area contributed by atoms with E-state index in [1.165, 1.54) is 18.2 Å². The number of anilines is 2. The molecule has 26 heavy (non-hydrogen) atoms. The molecule has 6 nitrogen and oxygen atoms in total. The Bertz CT molecular complexity index is 835. The van der Waals surface area contributed by atoms with Gasteiger partial charge in [-0.3, -0.25) is 14.6 Å². The summed E-state index contributed by atoms with van der Waals surface area (Å²) in [5.74, 6) is -1.35. The molecule has 0 bridgehead atoms. The van der Waals surface area contributed by atoms with Gasteiger partial charge in [0, 0.05) is 56.4 Å². The third-order valence-electron chi connectivity index (χ3n) is 4.97. The molecule has 1 N–H and O–H groups in total. The molecule has 0 spiro atoms. The topological polar surface area (TPSA) is 65.5 Å². The van der Waals surface area contributed by atoms with E-state index in [0.717, 1.165) is 5.69 Å². The van der Waals surface area contributed by atoms with Crippen LogP contribution in [0.2, 0.25) is 0 Å². The fourth-order valence-electron chi connectivity index (χ4n) is 3.61. The lowest BCUT2D eigenvalue weighted by molar-refractivity contribution is -0.135. The number of hydrogen-bond donors (Lipinski definition) is 1. The van der Waals surface area contributed by atoms with E-state index in [1.54, 1.807) is 17.3 Å². The van der Waals surface area contributed by atoms with Crippen LogP contribution in [0.25, 0.3) is 0 Å². The lowest BCUT2D eigenvalue weighted by Gasteiger charge is -2.38. The zero-order valence-electron chi connectivity index (χ0n) is 14.2. The first-order valence-corrected chi connectivity index (χ1v) is 8.65. The minimum atomic E-state index is -0.623. The standard InChI is InChI=1S/C19H19FN4O2/c20-13-1-2-17-15(11-13)16(12-18(25)22-17)19(26)24-9-7-23(8-10-24)14-3-5-21-6-4-14/h1-6,11,16H,7-10,12H2,(H,22,25). The van der Waals surface area contributed by atoms with E-state index >= 15 is 0 Å². The maximum absolute atomic E-state index is 13.7. The Balaban J connectivity index is 1.49. The largest absolute Gasteiger partial charge is 0.368 e. The molecule has 0 radical (unpaired) electrons. The third kappa shape index (κ3) is 3.12. The van der Waals surface area contributed by atoms with Crippen molar-refractivity contribution in [2.45, 2.75) is 12.3 Å². The number of halogens is 1. The molecule has 2 aromatic rings. The fraction of sp³-hybridized carbons (Fsp3) is 0.316. The Labute approximate surface area is 150 Å². The van der Waals surface area contributed by atoms with Crippen molar-refractivity contribution in [2.75, 3.05) is 36.4 Å². The summed E-state index contributed by atoms with van der Waals surface area (Å²) in [4.78, 5) is 33.0. The molecule has 1 aromatic heterocycles. The maximum Gasteiger partial charge on any atom is 0.230 e. The zero-order valence-corrected chi connectivity index (χ0v) is 14.2. The van der Waals surface area contributed by atoms with Crippen molar-refractivity contribution in [1.29, 1.82) is 0 Å². The fourth-order valence-corrected chi connectivity index (χ4v) is 3.61. The first kappa shape index (κ1) is 16.5. The Morgan fingerprint density at radius 2 is 1.85 bits per heavy atom. The second-order valence-corrected chi connectivity index (χ2v) is 6.55. The molecule has 4 rings (SSSR count). The summed E-state index contributed by atoms with van der Waals surface area (Å²) in [6, 6.07) is 8.05. The number of carbonyl (C=O) groups excluding carboxylic acids is 2. The SMILES string of the molecule is O=C1CC(C(=O)N2CCN(c3ccncc3)CC2)c2cc(F)ccc2N1. The third-order valence-corrected chi connectivity index (χ3v) is 4.97. The zero-order chi connectivity index (χ0) is 18.1. The van der Waals surface area contributed by atoms with Crippen LogP contribution in [0.5, 0.6) is 0 Å². The number of piperazine rings is 1. The first-order chi connectivity index (χ1) is 12.6. The number of pyridine rings is 1. The molecule has 134 valence electrons. The van der Waals surface area contributed by atoms with Gasteiger partial charge < -0.3 is 15.1 Å². The quantitative estimate of drug-likeness (QED) is 0.896. The van der Waals surface area contributed by atoms with Crippen molar-refractivity contribution in [1.82, 2.24) is 9.88 Å². The second-order valence-electron chi connectivity index (χ2n) is 6.55. The molecule has 2 amide bonds. The smallest absolute Gasteiger partial charge is 0.230 e. The Hall–Kier alpha value is -2.96. The predicted octanol–water partition coefficient (Wildman–Crippen LogP) is 2.00. The summed E-state index contributed by atoms with van der Waals surface area (Å²) in [5, 5.41) is 2.71. The van der Waals surface area contributed by atoms with E-state index in [-0.39, 0.29) is 18.2 Å². The molecule has 2 aliphatic rings. The molecule has 1 atom stereocenters. The highest BCUT2D eigenvalue weighted by atomic mass is 19.1. The molecule has 3 heterocycles. The number of amides is 2. The van der Waals surface area contributed by atoms with Gasteiger partial charge in [0.2, 0.25) is 11.8 Å². The summed E-state index contributed by atoms with van der Waals surface area (Å²) in [6.07, 6.45) is 3.55. The van der Waals surface area contributed by atoms with Crippen LogP contribution in [0.3, 0.4) is 0 Å². The van der Waals surface area contributed by atoms with Crippen LogP contribution in [-0.2, 0) is 9.59 Å². The molecule has 1 unspecified atom stereocenters. The van der Waals surface area contributed by atoms with E-state index in [0.29, 0.717) is 37.4 Å². The van der Waals surface area contributed by atoms with Crippen molar-refractivity contribution in [3.63, 3.8) is 0 Å². The number of carbonyl (C=O) groups is 2. The van der Waals surface area contributed by atoms with E-state index in [2.05, 4.69) is 15.2 Å². The van der Waals surface area contributed by atoms with Crippen molar-refractivity contribution in [2.24, 2.45) is 0 Å². The summed E-state index contributed by atoms with van der Waals surface area (Å²) >= 11 is 0. The molecule has 0 aliphatic carbocycles. The Kier molecular flexibility index (Phi) is 4.28. The number of nitrogens with zero attached hydrogens (tertiary/aromatic N) is 3. The van der Waals surface area contributed by atoms with E-state index in [1.807, 2.05) is 12.1 Å². The van der Waals surface area contributed by atoms with Gasteiger partial charge in [0.15, 0.2) is 0 Å². The Morgan fingerprint density at radius 1 is 1.12 bits per heavy atom.